The lowest BCUT2D eigenvalue weighted by Crippen LogP contribution is -2.65. The number of piperidine rings is 1. The number of carbonyl (C=O) groups excluding carboxylic acids is 2. The van der Waals surface area contributed by atoms with Gasteiger partial charge in [-0.05, 0) is 74.5 Å². The molecule has 2 aromatic rings. The molecular weight excluding hydrogens is 534 g/mol. The SMILES string of the molecule is CC(=O)Oc1ccc2c3c1O[C@H]1[C@@H](OC(C)=O)C=C[C@H]4[C@@H](C2)N(C)CC[C@@]341.CC(C)Cc1ccc(C(C)C(=O)O)cc1. The molecule has 0 amide bonds. The van der Waals surface area contributed by atoms with Gasteiger partial charge in [0.05, 0.1) is 5.92 Å². The van der Waals surface area contributed by atoms with Crippen molar-refractivity contribution in [3.63, 3.8) is 0 Å². The van der Waals surface area contributed by atoms with Gasteiger partial charge in [-0.15, -0.1) is 0 Å². The number of nitrogens with zero attached hydrogens (tertiary/aromatic N) is 1. The van der Waals surface area contributed by atoms with Crippen LogP contribution in [0, 0.1) is 11.8 Å². The van der Waals surface area contributed by atoms with E-state index in [0.717, 1.165) is 36.9 Å². The summed E-state index contributed by atoms with van der Waals surface area (Å²) < 4.78 is 17.5. The van der Waals surface area contributed by atoms with Crippen molar-refractivity contribution in [3.8, 4) is 11.5 Å². The molecule has 6 atom stereocenters. The van der Waals surface area contributed by atoms with Crippen LogP contribution in [0.4, 0.5) is 0 Å². The molecule has 2 bridgehead atoms. The van der Waals surface area contributed by atoms with E-state index >= 15 is 0 Å². The highest BCUT2D eigenvalue weighted by molar-refractivity contribution is 5.75. The van der Waals surface area contributed by atoms with E-state index in [2.05, 4.69) is 37.9 Å². The van der Waals surface area contributed by atoms with Crippen molar-refractivity contribution in [1.29, 1.82) is 0 Å². The molecule has 0 saturated carbocycles. The normalized spacial score (nSPS) is 27.2. The zero-order chi connectivity index (χ0) is 30.3. The Morgan fingerprint density at radius 2 is 1.76 bits per heavy atom. The largest absolute Gasteiger partial charge is 0.481 e. The fourth-order valence-electron chi connectivity index (χ4n) is 7.29. The van der Waals surface area contributed by atoms with Gasteiger partial charge >= 0.3 is 17.9 Å². The quantitative estimate of drug-likeness (QED) is 0.290. The number of carbonyl (C=O) groups is 3. The number of benzene rings is 2. The van der Waals surface area contributed by atoms with Crippen molar-refractivity contribution in [2.45, 2.75) is 83.5 Å². The van der Waals surface area contributed by atoms with Crippen LogP contribution in [-0.2, 0) is 37.4 Å². The maximum Gasteiger partial charge on any atom is 0.310 e. The topological polar surface area (TPSA) is 102 Å². The molecule has 2 aromatic carbocycles. The van der Waals surface area contributed by atoms with Gasteiger partial charge in [0, 0.05) is 36.8 Å². The number of rotatable bonds is 6. The lowest BCUT2D eigenvalue weighted by molar-refractivity contribution is -0.152. The highest BCUT2D eigenvalue weighted by Crippen LogP contribution is 2.62. The average Bonchev–Trinajstić information content (AvgIpc) is 3.28. The molecule has 1 spiro atoms. The third-order valence-corrected chi connectivity index (χ3v) is 9.16. The van der Waals surface area contributed by atoms with E-state index in [1.807, 2.05) is 36.4 Å². The highest BCUT2D eigenvalue weighted by atomic mass is 16.6. The Bertz CT molecular complexity index is 1400. The van der Waals surface area contributed by atoms with E-state index in [1.165, 1.54) is 25.0 Å². The molecule has 1 fully saturated rings. The molecule has 2 heterocycles. The number of esters is 2. The second-order valence-corrected chi connectivity index (χ2v) is 12.5. The number of carboxylic acids is 1. The standard InChI is InChI=1S/C21H23NO5.C13H18O2/c1-11(23)25-16-6-4-13-10-15-14-5-7-17(26-12(2)24)20-21(14,8-9-22(15)3)18(13)19(16)27-20;1-9(2)8-11-4-6-12(7-5-11)10(3)13(14)15/h4-7,14-15,17,20H,8-10H2,1-3H3;4-7,9-10H,8H2,1-3H3,(H,14,15)/t14-,15+,17-,20-,21-;/m0./s1. The molecule has 8 heteroatoms. The molecule has 8 nitrogen and oxygen atoms in total. The van der Waals surface area contributed by atoms with Gasteiger partial charge in [-0.1, -0.05) is 50.3 Å². The fraction of sp³-hybridized carbons (Fsp3) is 0.500. The van der Waals surface area contributed by atoms with Crippen LogP contribution in [0.2, 0.25) is 0 Å². The molecule has 2 aliphatic heterocycles. The number of likely N-dealkylation sites (N-methyl/N-ethyl adjacent to an activating group) is 1. The predicted octanol–water partition coefficient (Wildman–Crippen LogP) is 5.06. The van der Waals surface area contributed by atoms with Crippen molar-refractivity contribution >= 4 is 17.9 Å². The zero-order valence-corrected chi connectivity index (χ0v) is 25.3. The second-order valence-electron chi connectivity index (χ2n) is 12.5. The number of ether oxygens (including phenoxy) is 3. The van der Waals surface area contributed by atoms with Crippen LogP contribution in [0.1, 0.15) is 69.2 Å². The maximum atomic E-state index is 11.7. The van der Waals surface area contributed by atoms with Crippen LogP contribution in [0.15, 0.2) is 48.6 Å². The number of aliphatic carboxylic acids is 1. The van der Waals surface area contributed by atoms with E-state index in [0.29, 0.717) is 23.5 Å². The molecule has 2 aliphatic carbocycles. The maximum absolute atomic E-state index is 11.7. The molecule has 6 rings (SSSR count). The Morgan fingerprint density at radius 1 is 1.05 bits per heavy atom. The number of carboxylic acid groups (broad SMARTS) is 1. The molecule has 0 aromatic heterocycles. The van der Waals surface area contributed by atoms with Crippen molar-refractivity contribution < 1.29 is 33.7 Å². The molecular formula is C34H41NO7. The van der Waals surface area contributed by atoms with Gasteiger partial charge in [-0.25, -0.2) is 0 Å². The highest BCUT2D eigenvalue weighted by Gasteiger charge is 2.65. The van der Waals surface area contributed by atoms with Crippen LogP contribution in [0.25, 0.3) is 0 Å². The first kappa shape index (κ1) is 29.8. The van der Waals surface area contributed by atoms with Crippen LogP contribution < -0.4 is 9.47 Å². The summed E-state index contributed by atoms with van der Waals surface area (Å²) in [6.07, 6.45) is 6.35. The Balaban J connectivity index is 0.000000201. The summed E-state index contributed by atoms with van der Waals surface area (Å²) in [5.41, 5.74) is 4.29. The molecule has 0 radical (unpaired) electrons. The molecule has 1 N–H and O–H groups in total. The average molecular weight is 576 g/mol. The van der Waals surface area contributed by atoms with Gasteiger partial charge in [-0.3, -0.25) is 14.4 Å². The van der Waals surface area contributed by atoms with Crippen LogP contribution >= 0.6 is 0 Å². The summed E-state index contributed by atoms with van der Waals surface area (Å²) >= 11 is 0. The fourth-order valence-corrected chi connectivity index (χ4v) is 7.29. The van der Waals surface area contributed by atoms with Crippen LogP contribution in [0.3, 0.4) is 0 Å². The summed E-state index contributed by atoms with van der Waals surface area (Å²) in [5, 5.41) is 8.85. The Hall–Kier alpha value is -3.65. The summed E-state index contributed by atoms with van der Waals surface area (Å²) in [6.45, 7) is 9.83. The minimum Gasteiger partial charge on any atom is -0.481 e. The van der Waals surface area contributed by atoms with Crippen LogP contribution in [0.5, 0.6) is 11.5 Å². The summed E-state index contributed by atoms with van der Waals surface area (Å²) in [6, 6.07) is 12.1. The Kier molecular flexibility index (Phi) is 8.21. The van der Waals surface area contributed by atoms with E-state index in [1.54, 1.807) is 6.92 Å². The number of hydrogen-bond donors (Lipinski definition) is 1. The third kappa shape index (κ3) is 5.33. The molecule has 1 saturated heterocycles. The van der Waals surface area contributed by atoms with Gasteiger partial charge in [0.25, 0.3) is 0 Å². The number of hydrogen-bond acceptors (Lipinski definition) is 7. The van der Waals surface area contributed by atoms with Gasteiger partial charge in [0.15, 0.2) is 17.6 Å². The van der Waals surface area contributed by atoms with Crippen molar-refractivity contribution in [2.24, 2.45) is 11.8 Å². The third-order valence-electron chi connectivity index (χ3n) is 9.16. The minimum atomic E-state index is -0.772. The van der Waals surface area contributed by atoms with Crippen molar-refractivity contribution in [1.82, 2.24) is 4.90 Å². The van der Waals surface area contributed by atoms with Gasteiger partial charge in [0.2, 0.25) is 0 Å². The van der Waals surface area contributed by atoms with E-state index in [4.69, 9.17) is 19.3 Å². The molecule has 4 aliphatic rings. The second kappa shape index (κ2) is 11.6. The van der Waals surface area contributed by atoms with E-state index in [9.17, 15) is 14.4 Å². The summed E-state index contributed by atoms with van der Waals surface area (Å²) in [5.74, 6) is 0.154. The van der Waals surface area contributed by atoms with Crippen molar-refractivity contribution in [3.05, 3.63) is 70.8 Å². The van der Waals surface area contributed by atoms with Crippen LogP contribution in [-0.4, -0.2) is 59.8 Å². The Morgan fingerprint density at radius 3 is 2.38 bits per heavy atom. The first-order chi connectivity index (χ1) is 19.9. The van der Waals surface area contributed by atoms with E-state index < -0.39 is 18.0 Å². The Labute approximate surface area is 247 Å². The van der Waals surface area contributed by atoms with E-state index in [-0.39, 0.29) is 29.4 Å². The first-order valence-electron chi connectivity index (χ1n) is 14.8. The summed E-state index contributed by atoms with van der Waals surface area (Å²) in [4.78, 5) is 36.5. The molecule has 42 heavy (non-hydrogen) atoms. The van der Waals surface area contributed by atoms with Gasteiger partial charge in [-0.2, -0.15) is 0 Å². The molecule has 224 valence electrons. The minimum absolute atomic E-state index is 0.245. The monoisotopic (exact) mass is 575 g/mol. The predicted molar refractivity (Wildman–Crippen MR) is 158 cm³/mol. The van der Waals surface area contributed by atoms with Gasteiger partial charge in [0.1, 0.15) is 6.10 Å². The lowest BCUT2D eigenvalue weighted by Gasteiger charge is -2.56. The van der Waals surface area contributed by atoms with Gasteiger partial charge < -0.3 is 24.2 Å². The lowest BCUT2D eigenvalue weighted by atomic mass is 9.53. The number of likely N-dealkylation sites (tertiary alicyclic amines) is 1. The molecule has 1 unspecified atom stereocenters. The first-order valence-corrected chi connectivity index (χ1v) is 14.8. The van der Waals surface area contributed by atoms with Crippen molar-refractivity contribution in [2.75, 3.05) is 13.6 Å². The zero-order valence-electron chi connectivity index (χ0n) is 25.3. The smallest absolute Gasteiger partial charge is 0.310 e. The summed E-state index contributed by atoms with van der Waals surface area (Å²) in [7, 11) is 2.17.